The number of hydrogen-bond donors (Lipinski definition) is 1. The summed E-state index contributed by atoms with van der Waals surface area (Å²) in [6, 6.07) is 6.95. The lowest BCUT2D eigenvalue weighted by Crippen LogP contribution is -2.12. The summed E-state index contributed by atoms with van der Waals surface area (Å²) < 4.78 is 1.57. The molecule has 6 heteroatoms. The molecule has 0 aliphatic rings. The van der Waals surface area contributed by atoms with Gasteiger partial charge < -0.3 is 9.67 Å². The Morgan fingerprint density at radius 3 is 2.68 bits per heavy atom. The normalized spacial score (nSPS) is 10.9. The minimum Gasteiger partial charge on any atom is -0.476 e. The summed E-state index contributed by atoms with van der Waals surface area (Å²) in [5, 5.41) is 9.64. The van der Waals surface area contributed by atoms with Gasteiger partial charge in [-0.3, -0.25) is 4.79 Å². The summed E-state index contributed by atoms with van der Waals surface area (Å²) in [6.07, 6.45) is 1.83. The minimum atomic E-state index is -1.13. The Bertz CT molecular complexity index is 707. The number of Topliss-reactive ketones (excluding diaryl/α,β-unsaturated/α-hetero) is 1. The zero-order valence-corrected chi connectivity index (χ0v) is 13.2. The van der Waals surface area contributed by atoms with E-state index in [2.05, 4.69) is 4.98 Å². The molecule has 5 nitrogen and oxygen atoms in total. The van der Waals surface area contributed by atoms with E-state index in [1.165, 1.54) is 6.20 Å². The van der Waals surface area contributed by atoms with E-state index in [4.69, 9.17) is 16.7 Å². The number of hydrogen-bond acceptors (Lipinski definition) is 3. The predicted octanol–water partition coefficient (Wildman–Crippen LogP) is 3.52. The molecule has 2 aromatic rings. The molecule has 0 fully saturated rings. The number of carbonyl (C=O) groups excluding carboxylic acids is 1. The van der Waals surface area contributed by atoms with Crippen molar-refractivity contribution in [3.8, 4) is 11.4 Å². The van der Waals surface area contributed by atoms with E-state index < -0.39 is 5.97 Å². The first-order valence-corrected chi connectivity index (χ1v) is 7.32. The summed E-state index contributed by atoms with van der Waals surface area (Å²) >= 11 is 5.97. The van der Waals surface area contributed by atoms with Gasteiger partial charge in [0.2, 0.25) is 0 Å². The highest BCUT2D eigenvalue weighted by atomic mass is 35.5. The first kappa shape index (κ1) is 16.2. The van der Waals surface area contributed by atoms with Crippen molar-refractivity contribution in [2.45, 2.75) is 26.8 Å². The summed E-state index contributed by atoms with van der Waals surface area (Å²) in [5.74, 6) is -0.410. The first-order chi connectivity index (χ1) is 10.4. The average Bonchev–Trinajstić information content (AvgIpc) is 2.81. The van der Waals surface area contributed by atoms with Crippen molar-refractivity contribution in [2.24, 2.45) is 5.92 Å². The minimum absolute atomic E-state index is 0.0348. The van der Waals surface area contributed by atoms with E-state index in [0.717, 1.165) is 0 Å². The highest BCUT2D eigenvalue weighted by Crippen LogP contribution is 2.23. The number of ketones is 1. The number of benzene rings is 1. The maximum absolute atomic E-state index is 12.0. The Hall–Kier alpha value is -2.14. The molecule has 2 rings (SSSR count). The molecule has 0 aliphatic carbocycles. The Labute approximate surface area is 133 Å². The lowest BCUT2D eigenvalue weighted by atomic mass is 10.1. The summed E-state index contributed by atoms with van der Waals surface area (Å²) in [5.41, 5.74) is 0.588. The molecular formula is C16H17ClN2O3. The molecule has 116 valence electrons. The molecule has 0 unspecified atom stereocenters. The van der Waals surface area contributed by atoms with Gasteiger partial charge in [-0.15, -0.1) is 0 Å². The molecule has 1 heterocycles. The highest BCUT2D eigenvalue weighted by Gasteiger charge is 2.17. The Kier molecular flexibility index (Phi) is 4.98. The van der Waals surface area contributed by atoms with Gasteiger partial charge >= 0.3 is 5.97 Å². The lowest BCUT2D eigenvalue weighted by molar-refractivity contribution is -0.120. The van der Waals surface area contributed by atoms with Crippen LogP contribution in [0.3, 0.4) is 0 Å². The Morgan fingerprint density at radius 1 is 1.36 bits per heavy atom. The van der Waals surface area contributed by atoms with E-state index in [9.17, 15) is 9.59 Å². The zero-order chi connectivity index (χ0) is 16.3. The molecule has 1 aromatic heterocycles. The van der Waals surface area contributed by atoms with Gasteiger partial charge in [0.15, 0.2) is 11.5 Å². The van der Waals surface area contributed by atoms with Crippen LogP contribution in [0.1, 0.15) is 30.8 Å². The van der Waals surface area contributed by atoms with Crippen LogP contribution in [0.2, 0.25) is 5.02 Å². The van der Waals surface area contributed by atoms with Crippen molar-refractivity contribution < 1.29 is 14.7 Å². The number of aromatic nitrogens is 2. The van der Waals surface area contributed by atoms with E-state index in [1.54, 1.807) is 28.8 Å². The fourth-order valence-electron chi connectivity index (χ4n) is 2.21. The standard InChI is InChI=1S/C16H17ClN2O3/c1-10(2)6-13(20)8-19-9-14(16(21)22)18-15(19)11-4-3-5-12(17)7-11/h3-5,7,9-10H,6,8H2,1-2H3,(H,21,22). The van der Waals surface area contributed by atoms with Crippen LogP contribution in [0.25, 0.3) is 11.4 Å². The van der Waals surface area contributed by atoms with Gasteiger partial charge in [0, 0.05) is 23.2 Å². The number of carboxylic acids is 1. The maximum Gasteiger partial charge on any atom is 0.356 e. The molecule has 0 atom stereocenters. The summed E-state index contributed by atoms with van der Waals surface area (Å²) in [6.45, 7) is 4.03. The van der Waals surface area contributed by atoms with Crippen LogP contribution < -0.4 is 0 Å². The molecule has 0 bridgehead atoms. The lowest BCUT2D eigenvalue weighted by Gasteiger charge is -2.08. The topological polar surface area (TPSA) is 72.2 Å². The van der Waals surface area contributed by atoms with Gasteiger partial charge in [0.05, 0.1) is 6.54 Å². The van der Waals surface area contributed by atoms with Crippen LogP contribution >= 0.6 is 11.6 Å². The fourth-order valence-corrected chi connectivity index (χ4v) is 2.40. The number of carboxylic acid groups (broad SMARTS) is 1. The third-order valence-electron chi connectivity index (χ3n) is 3.06. The number of aromatic carboxylic acids is 1. The van der Waals surface area contributed by atoms with Gasteiger partial charge in [0.1, 0.15) is 5.82 Å². The molecule has 0 saturated carbocycles. The molecular weight excluding hydrogens is 304 g/mol. The van der Waals surface area contributed by atoms with Crippen LogP contribution in [-0.2, 0) is 11.3 Å². The predicted molar refractivity (Wildman–Crippen MR) is 84.1 cm³/mol. The van der Waals surface area contributed by atoms with Crippen molar-refractivity contribution in [1.29, 1.82) is 0 Å². The number of imidazole rings is 1. The summed E-state index contributed by atoms with van der Waals surface area (Å²) in [4.78, 5) is 27.3. The van der Waals surface area contributed by atoms with Gasteiger partial charge in [0.25, 0.3) is 0 Å². The van der Waals surface area contributed by atoms with Crippen molar-refractivity contribution in [3.05, 3.63) is 41.2 Å². The fraction of sp³-hybridized carbons (Fsp3) is 0.312. The molecule has 0 spiro atoms. The Balaban J connectivity index is 2.39. The molecule has 1 N–H and O–H groups in total. The molecule has 0 aliphatic heterocycles. The number of halogens is 1. The van der Waals surface area contributed by atoms with E-state index in [1.807, 2.05) is 13.8 Å². The number of carbonyl (C=O) groups is 2. The largest absolute Gasteiger partial charge is 0.476 e. The quantitative estimate of drug-likeness (QED) is 0.884. The Morgan fingerprint density at radius 2 is 2.09 bits per heavy atom. The van der Waals surface area contributed by atoms with Crippen molar-refractivity contribution >= 4 is 23.4 Å². The molecule has 1 aromatic carbocycles. The SMILES string of the molecule is CC(C)CC(=O)Cn1cc(C(=O)O)nc1-c1cccc(Cl)c1. The third kappa shape index (κ3) is 3.95. The molecule has 0 saturated heterocycles. The van der Waals surface area contributed by atoms with Crippen LogP contribution in [0, 0.1) is 5.92 Å². The van der Waals surface area contributed by atoms with Gasteiger partial charge in [-0.05, 0) is 18.1 Å². The van der Waals surface area contributed by atoms with Crippen molar-refractivity contribution in [3.63, 3.8) is 0 Å². The van der Waals surface area contributed by atoms with Crippen LogP contribution in [0.15, 0.2) is 30.5 Å². The van der Waals surface area contributed by atoms with Crippen LogP contribution in [0.5, 0.6) is 0 Å². The highest BCUT2D eigenvalue weighted by molar-refractivity contribution is 6.30. The maximum atomic E-state index is 12.0. The van der Waals surface area contributed by atoms with Crippen LogP contribution in [0.4, 0.5) is 0 Å². The smallest absolute Gasteiger partial charge is 0.356 e. The summed E-state index contributed by atoms with van der Waals surface area (Å²) in [7, 11) is 0. The molecule has 22 heavy (non-hydrogen) atoms. The van der Waals surface area contributed by atoms with E-state index in [0.29, 0.717) is 22.8 Å². The zero-order valence-electron chi connectivity index (χ0n) is 12.4. The van der Waals surface area contributed by atoms with Crippen LogP contribution in [-0.4, -0.2) is 26.4 Å². The van der Waals surface area contributed by atoms with Gasteiger partial charge in [-0.1, -0.05) is 37.6 Å². The monoisotopic (exact) mass is 320 g/mol. The van der Waals surface area contributed by atoms with Gasteiger partial charge in [-0.2, -0.15) is 0 Å². The van der Waals surface area contributed by atoms with E-state index in [-0.39, 0.29) is 23.9 Å². The van der Waals surface area contributed by atoms with E-state index >= 15 is 0 Å². The number of nitrogens with zero attached hydrogens (tertiary/aromatic N) is 2. The first-order valence-electron chi connectivity index (χ1n) is 6.95. The second-order valence-electron chi connectivity index (χ2n) is 5.53. The van der Waals surface area contributed by atoms with Crippen molar-refractivity contribution in [2.75, 3.05) is 0 Å². The average molecular weight is 321 g/mol. The second kappa shape index (κ2) is 6.75. The third-order valence-corrected chi connectivity index (χ3v) is 3.30. The molecule has 0 amide bonds. The second-order valence-corrected chi connectivity index (χ2v) is 5.97. The van der Waals surface area contributed by atoms with Crippen molar-refractivity contribution in [1.82, 2.24) is 9.55 Å². The number of rotatable bonds is 6. The van der Waals surface area contributed by atoms with Gasteiger partial charge in [-0.25, -0.2) is 9.78 Å². The molecule has 0 radical (unpaired) electrons.